The van der Waals surface area contributed by atoms with Crippen molar-refractivity contribution in [2.45, 2.75) is 24.4 Å². The largest absolute Gasteiger partial charge is 0.336 e. The SMILES string of the molecule is CCn1cnc(S(=O)(=O)Nc2cccc(CCl)c2)c1. The summed E-state index contributed by atoms with van der Waals surface area (Å²) in [6, 6.07) is 6.95. The summed E-state index contributed by atoms with van der Waals surface area (Å²) in [7, 11) is -3.65. The van der Waals surface area contributed by atoms with E-state index in [-0.39, 0.29) is 5.03 Å². The van der Waals surface area contributed by atoms with E-state index in [1.165, 1.54) is 12.5 Å². The molecule has 0 saturated heterocycles. The zero-order chi connectivity index (χ0) is 13.9. The molecule has 0 radical (unpaired) electrons. The summed E-state index contributed by atoms with van der Waals surface area (Å²) >= 11 is 5.72. The van der Waals surface area contributed by atoms with Gasteiger partial charge in [0, 0.05) is 24.3 Å². The summed E-state index contributed by atoms with van der Waals surface area (Å²) in [6.07, 6.45) is 2.98. The van der Waals surface area contributed by atoms with Crippen LogP contribution >= 0.6 is 11.6 Å². The smallest absolute Gasteiger partial charge is 0.280 e. The molecule has 2 aromatic rings. The summed E-state index contributed by atoms with van der Waals surface area (Å²) in [5.41, 5.74) is 1.32. The van der Waals surface area contributed by atoms with Gasteiger partial charge < -0.3 is 4.57 Å². The fourth-order valence-corrected chi connectivity index (χ4v) is 2.74. The van der Waals surface area contributed by atoms with Crippen molar-refractivity contribution >= 4 is 27.3 Å². The molecule has 7 heteroatoms. The van der Waals surface area contributed by atoms with Crippen LogP contribution in [0.4, 0.5) is 5.69 Å². The first-order chi connectivity index (χ1) is 9.05. The second-order valence-corrected chi connectivity index (χ2v) is 5.88. The van der Waals surface area contributed by atoms with Gasteiger partial charge in [0.1, 0.15) is 0 Å². The van der Waals surface area contributed by atoms with E-state index < -0.39 is 10.0 Å². The van der Waals surface area contributed by atoms with Crippen molar-refractivity contribution in [1.82, 2.24) is 9.55 Å². The van der Waals surface area contributed by atoms with Crippen LogP contribution in [0.1, 0.15) is 12.5 Å². The lowest BCUT2D eigenvalue weighted by Crippen LogP contribution is -2.13. The quantitative estimate of drug-likeness (QED) is 0.863. The zero-order valence-electron chi connectivity index (χ0n) is 10.4. The Morgan fingerprint density at radius 3 is 2.84 bits per heavy atom. The van der Waals surface area contributed by atoms with Gasteiger partial charge in [-0.25, -0.2) is 4.98 Å². The van der Waals surface area contributed by atoms with Crippen molar-refractivity contribution in [3.63, 3.8) is 0 Å². The van der Waals surface area contributed by atoms with Crippen molar-refractivity contribution in [1.29, 1.82) is 0 Å². The first-order valence-electron chi connectivity index (χ1n) is 5.74. The topological polar surface area (TPSA) is 64.0 Å². The van der Waals surface area contributed by atoms with Gasteiger partial charge in [0.2, 0.25) is 0 Å². The van der Waals surface area contributed by atoms with Gasteiger partial charge in [0.05, 0.1) is 6.33 Å². The predicted molar refractivity (Wildman–Crippen MR) is 74.7 cm³/mol. The predicted octanol–water partition coefficient (Wildman–Crippen LogP) is 2.44. The fraction of sp³-hybridized carbons (Fsp3) is 0.250. The third kappa shape index (κ3) is 3.27. The lowest BCUT2D eigenvalue weighted by Gasteiger charge is -2.06. The standard InChI is InChI=1S/C12H14ClN3O2S/c1-2-16-8-12(14-9-16)19(17,18)15-11-5-3-4-10(6-11)7-13/h3-6,8-9,15H,2,7H2,1H3. The lowest BCUT2D eigenvalue weighted by atomic mass is 10.2. The number of aromatic nitrogens is 2. The van der Waals surface area contributed by atoms with Gasteiger partial charge in [-0.3, -0.25) is 4.72 Å². The Bertz CT molecular complexity index is 667. The molecule has 0 aliphatic heterocycles. The van der Waals surface area contributed by atoms with Crippen LogP contribution < -0.4 is 4.72 Å². The average molecular weight is 300 g/mol. The van der Waals surface area contributed by atoms with Crippen LogP contribution in [-0.2, 0) is 22.4 Å². The summed E-state index contributed by atoms with van der Waals surface area (Å²) in [6.45, 7) is 2.58. The Balaban J connectivity index is 2.25. The number of halogens is 1. The molecule has 0 saturated carbocycles. The molecule has 1 heterocycles. The third-order valence-electron chi connectivity index (χ3n) is 2.58. The molecule has 0 aliphatic rings. The number of hydrogen-bond donors (Lipinski definition) is 1. The minimum Gasteiger partial charge on any atom is -0.336 e. The third-order valence-corrected chi connectivity index (χ3v) is 4.16. The molecule has 2 rings (SSSR count). The van der Waals surface area contributed by atoms with Crippen molar-refractivity contribution in [2.24, 2.45) is 0 Å². The average Bonchev–Trinajstić information content (AvgIpc) is 2.88. The molecule has 0 atom stereocenters. The number of aryl methyl sites for hydroxylation is 1. The molecule has 5 nitrogen and oxygen atoms in total. The highest BCUT2D eigenvalue weighted by Gasteiger charge is 2.17. The van der Waals surface area contributed by atoms with Crippen LogP contribution in [0.15, 0.2) is 41.8 Å². The monoisotopic (exact) mass is 299 g/mol. The fourth-order valence-electron chi connectivity index (χ4n) is 1.58. The molecule has 0 aliphatic carbocycles. The van der Waals surface area contributed by atoms with E-state index in [9.17, 15) is 8.42 Å². The maximum absolute atomic E-state index is 12.1. The molecule has 0 fully saturated rings. The first kappa shape index (κ1) is 13.9. The molecule has 1 aromatic heterocycles. The van der Waals surface area contributed by atoms with Crippen molar-refractivity contribution in [3.05, 3.63) is 42.4 Å². The van der Waals surface area contributed by atoms with Gasteiger partial charge in [-0.1, -0.05) is 12.1 Å². The number of rotatable bonds is 5. The minimum atomic E-state index is -3.65. The summed E-state index contributed by atoms with van der Waals surface area (Å²) < 4.78 is 28.4. The molecule has 0 amide bonds. The van der Waals surface area contributed by atoms with E-state index in [2.05, 4.69) is 9.71 Å². The molecule has 0 bridgehead atoms. The molecule has 19 heavy (non-hydrogen) atoms. The Hall–Kier alpha value is -1.53. The number of nitrogens with one attached hydrogen (secondary N) is 1. The van der Waals surface area contributed by atoms with Crippen LogP contribution in [-0.4, -0.2) is 18.0 Å². The van der Waals surface area contributed by atoms with E-state index in [1.807, 2.05) is 13.0 Å². The molecular weight excluding hydrogens is 286 g/mol. The van der Waals surface area contributed by atoms with Crippen LogP contribution in [0.2, 0.25) is 0 Å². The van der Waals surface area contributed by atoms with Crippen LogP contribution in [0.25, 0.3) is 0 Å². The second-order valence-electron chi connectivity index (χ2n) is 3.98. The highest BCUT2D eigenvalue weighted by molar-refractivity contribution is 7.92. The Labute approximate surface area is 117 Å². The van der Waals surface area contributed by atoms with Crippen molar-refractivity contribution < 1.29 is 8.42 Å². The van der Waals surface area contributed by atoms with Gasteiger partial charge >= 0.3 is 0 Å². The molecule has 1 aromatic carbocycles. The van der Waals surface area contributed by atoms with Gasteiger partial charge in [-0.15, -0.1) is 11.6 Å². The summed E-state index contributed by atoms with van der Waals surface area (Å²) in [4.78, 5) is 3.88. The van der Waals surface area contributed by atoms with Gasteiger partial charge in [0.15, 0.2) is 5.03 Å². The van der Waals surface area contributed by atoms with Gasteiger partial charge in [0.25, 0.3) is 10.0 Å². The normalized spacial score (nSPS) is 11.5. The molecule has 0 spiro atoms. The van der Waals surface area contributed by atoms with E-state index in [4.69, 9.17) is 11.6 Å². The Morgan fingerprint density at radius 1 is 1.42 bits per heavy atom. The molecular formula is C12H14ClN3O2S. The summed E-state index contributed by atoms with van der Waals surface area (Å²) in [5.74, 6) is 0.333. The Morgan fingerprint density at radius 2 is 2.21 bits per heavy atom. The van der Waals surface area contributed by atoms with Crippen LogP contribution in [0, 0.1) is 0 Å². The number of benzene rings is 1. The van der Waals surface area contributed by atoms with Crippen molar-refractivity contribution in [2.75, 3.05) is 4.72 Å². The van der Waals surface area contributed by atoms with E-state index in [0.29, 0.717) is 18.1 Å². The zero-order valence-corrected chi connectivity index (χ0v) is 11.9. The summed E-state index contributed by atoms with van der Waals surface area (Å²) in [5, 5.41) is 0.00521. The number of anilines is 1. The van der Waals surface area contributed by atoms with Crippen LogP contribution in [0.5, 0.6) is 0 Å². The maximum atomic E-state index is 12.1. The minimum absolute atomic E-state index is 0.00521. The molecule has 1 N–H and O–H groups in total. The van der Waals surface area contributed by atoms with Crippen molar-refractivity contribution in [3.8, 4) is 0 Å². The molecule has 102 valence electrons. The van der Waals surface area contributed by atoms with E-state index in [0.717, 1.165) is 5.56 Å². The van der Waals surface area contributed by atoms with Crippen LogP contribution in [0.3, 0.4) is 0 Å². The molecule has 0 unspecified atom stereocenters. The highest BCUT2D eigenvalue weighted by atomic mass is 35.5. The number of hydrogen-bond acceptors (Lipinski definition) is 3. The number of nitrogens with zero attached hydrogens (tertiary/aromatic N) is 2. The van der Waals surface area contributed by atoms with Gasteiger partial charge in [-0.2, -0.15) is 8.42 Å². The van der Waals surface area contributed by atoms with E-state index >= 15 is 0 Å². The first-order valence-corrected chi connectivity index (χ1v) is 7.76. The highest BCUT2D eigenvalue weighted by Crippen LogP contribution is 2.17. The lowest BCUT2D eigenvalue weighted by molar-refractivity contribution is 0.598. The number of sulfonamides is 1. The Kier molecular flexibility index (Phi) is 4.11. The number of imidazole rings is 1. The second kappa shape index (κ2) is 5.63. The maximum Gasteiger partial charge on any atom is 0.280 e. The number of alkyl halides is 1. The van der Waals surface area contributed by atoms with E-state index in [1.54, 1.807) is 22.8 Å². The van der Waals surface area contributed by atoms with Gasteiger partial charge in [-0.05, 0) is 24.6 Å².